The van der Waals surface area contributed by atoms with Crippen molar-refractivity contribution >= 4 is 27.8 Å². The molecule has 6 heteroatoms. The second-order valence-electron chi connectivity index (χ2n) is 7.91. The molecule has 0 aliphatic carbocycles. The van der Waals surface area contributed by atoms with E-state index in [2.05, 4.69) is 28.1 Å². The number of anilines is 1. The number of H-pyrrole nitrogens is 1. The highest BCUT2D eigenvalue weighted by Crippen LogP contribution is 2.31. The summed E-state index contributed by atoms with van der Waals surface area (Å²) in [6.07, 6.45) is 1.46. The van der Waals surface area contributed by atoms with Crippen LogP contribution in [-0.2, 0) is 0 Å². The van der Waals surface area contributed by atoms with E-state index >= 15 is 0 Å². The Morgan fingerprint density at radius 1 is 1.00 bits per heavy atom. The molecule has 0 spiro atoms. The van der Waals surface area contributed by atoms with Gasteiger partial charge in [0, 0.05) is 16.8 Å². The van der Waals surface area contributed by atoms with Crippen molar-refractivity contribution in [3.05, 3.63) is 66.9 Å². The molecule has 1 aliphatic heterocycles. The highest BCUT2D eigenvalue weighted by Gasteiger charge is 2.27. The van der Waals surface area contributed by atoms with Crippen molar-refractivity contribution in [2.24, 2.45) is 0 Å². The smallest absolute Gasteiger partial charge is 0.274 e. The van der Waals surface area contributed by atoms with Crippen molar-refractivity contribution in [1.29, 1.82) is 0 Å². The van der Waals surface area contributed by atoms with Gasteiger partial charge in [-0.05, 0) is 30.3 Å². The fraction of sp³-hybridized carbons (Fsp3) is 0.292. The van der Waals surface area contributed by atoms with Gasteiger partial charge in [0.25, 0.3) is 5.82 Å². The van der Waals surface area contributed by atoms with Crippen LogP contribution in [0, 0.1) is 0 Å². The zero-order valence-electron chi connectivity index (χ0n) is 16.9. The summed E-state index contributed by atoms with van der Waals surface area (Å²) < 4.78 is 11.8. The number of para-hydroxylation sites is 1. The summed E-state index contributed by atoms with van der Waals surface area (Å²) in [4.78, 5) is 7.06. The highest BCUT2D eigenvalue weighted by molar-refractivity contribution is 6.05. The Morgan fingerprint density at radius 2 is 1.80 bits per heavy atom. The fourth-order valence-corrected chi connectivity index (χ4v) is 4.23. The van der Waals surface area contributed by atoms with E-state index < -0.39 is 6.10 Å². The number of pyridine rings is 1. The van der Waals surface area contributed by atoms with Gasteiger partial charge in [-0.1, -0.05) is 24.3 Å². The SMILES string of the molecule is O[C@H](COc1ccc2oc3ccccc3c2c1)C[NH+]1CCN(c2cccc[nH+]2)CC1. The lowest BCUT2D eigenvalue weighted by Gasteiger charge is -2.29. The minimum absolute atomic E-state index is 0.293. The number of furan rings is 1. The lowest BCUT2D eigenvalue weighted by Crippen LogP contribution is -3.16. The zero-order valence-corrected chi connectivity index (χ0v) is 16.9. The van der Waals surface area contributed by atoms with E-state index in [9.17, 15) is 5.11 Å². The summed E-state index contributed by atoms with van der Waals surface area (Å²) in [5.74, 6) is 1.91. The third-order valence-electron chi connectivity index (χ3n) is 5.82. The lowest BCUT2D eigenvalue weighted by molar-refractivity contribution is -0.903. The molecule has 0 bridgehead atoms. The van der Waals surface area contributed by atoms with Crippen LogP contribution in [0.15, 0.2) is 71.3 Å². The van der Waals surface area contributed by atoms with Gasteiger partial charge in [-0.15, -0.1) is 0 Å². The molecule has 30 heavy (non-hydrogen) atoms. The van der Waals surface area contributed by atoms with Crippen LogP contribution >= 0.6 is 0 Å². The summed E-state index contributed by atoms with van der Waals surface area (Å²) in [6.45, 7) is 4.96. The summed E-state index contributed by atoms with van der Waals surface area (Å²) in [6, 6.07) is 20.0. The Hall–Kier alpha value is -3.09. The van der Waals surface area contributed by atoms with E-state index in [1.807, 2.05) is 48.7 Å². The molecule has 0 amide bonds. The van der Waals surface area contributed by atoms with E-state index in [1.165, 1.54) is 4.90 Å². The van der Waals surface area contributed by atoms with E-state index in [-0.39, 0.29) is 0 Å². The van der Waals surface area contributed by atoms with Gasteiger partial charge in [-0.25, -0.2) is 4.98 Å². The first-order valence-electron chi connectivity index (χ1n) is 10.5. The number of aromatic nitrogens is 1. The van der Waals surface area contributed by atoms with Crippen molar-refractivity contribution in [2.45, 2.75) is 6.10 Å². The van der Waals surface area contributed by atoms with E-state index in [0.717, 1.165) is 59.7 Å². The number of quaternary nitrogens is 1. The summed E-state index contributed by atoms with van der Waals surface area (Å²) in [5, 5.41) is 12.6. The fourth-order valence-electron chi connectivity index (χ4n) is 4.23. The molecule has 3 N–H and O–H groups in total. The number of hydrogen-bond donors (Lipinski definition) is 2. The second-order valence-corrected chi connectivity index (χ2v) is 7.91. The molecule has 0 saturated carbocycles. The average Bonchev–Trinajstić information content (AvgIpc) is 3.17. The van der Waals surface area contributed by atoms with Gasteiger partial charge in [0.05, 0.1) is 6.20 Å². The lowest BCUT2D eigenvalue weighted by atomic mass is 10.1. The minimum Gasteiger partial charge on any atom is -0.491 e. The molecule has 2 aromatic heterocycles. The van der Waals surface area contributed by atoms with Crippen LogP contribution in [0.5, 0.6) is 5.75 Å². The monoisotopic (exact) mass is 405 g/mol. The third-order valence-corrected chi connectivity index (χ3v) is 5.82. The number of aliphatic hydroxyl groups excluding tert-OH is 1. The number of hydrogen-bond acceptors (Lipinski definition) is 4. The molecule has 1 aliphatic rings. The average molecular weight is 405 g/mol. The van der Waals surface area contributed by atoms with E-state index in [1.54, 1.807) is 0 Å². The van der Waals surface area contributed by atoms with Crippen LogP contribution in [-0.4, -0.2) is 50.5 Å². The maximum absolute atomic E-state index is 10.5. The molecule has 6 nitrogen and oxygen atoms in total. The summed E-state index contributed by atoms with van der Waals surface area (Å²) in [5.41, 5.74) is 1.72. The molecule has 5 rings (SSSR count). The molecule has 0 unspecified atom stereocenters. The molecule has 3 heterocycles. The standard InChI is InChI=1S/C24H25N3O3/c28-18(16-26-11-13-27(14-12-26)24-7-3-4-10-25-24)17-29-19-8-9-23-21(15-19)20-5-1-2-6-22(20)30-23/h1-10,15,18,28H,11-14,16-17H2/p+2/t18-/m0/s1. The molecule has 1 atom stereocenters. The Kier molecular flexibility index (Phi) is 5.26. The number of aromatic amines is 1. The quantitative estimate of drug-likeness (QED) is 0.511. The minimum atomic E-state index is -0.494. The van der Waals surface area contributed by atoms with Gasteiger partial charge in [0.2, 0.25) is 0 Å². The largest absolute Gasteiger partial charge is 0.491 e. The molecule has 4 aromatic rings. The van der Waals surface area contributed by atoms with Crippen molar-refractivity contribution in [2.75, 3.05) is 44.2 Å². The molecule has 2 aromatic carbocycles. The molecule has 0 radical (unpaired) electrons. The van der Waals surface area contributed by atoms with Crippen LogP contribution in [0.1, 0.15) is 0 Å². The van der Waals surface area contributed by atoms with Crippen LogP contribution in [0.4, 0.5) is 5.82 Å². The number of aliphatic hydroxyl groups is 1. The summed E-state index contributed by atoms with van der Waals surface area (Å²) in [7, 11) is 0. The van der Waals surface area contributed by atoms with E-state index in [0.29, 0.717) is 13.2 Å². The van der Waals surface area contributed by atoms with Gasteiger partial charge < -0.3 is 19.2 Å². The van der Waals surface area contributed by atoms with Crippen molar-refractivity contribution in [1.82, 2.24) is 0 Å². The van der Waals surface area contributed by atoms with Crippen LogP contribution in [0.2, 0.25) is 0 Å². The third kappa shape index (κ3) is 3.97. The number of ether oxygens (including phenoxy) is 1. The van der Waals surface area contributed by atoms with E-state index in [4.69, 9.17) is 9.15 Å². The maximum Gasteiger partial charge on any atom is 0.274 e. The maximum atomic E-state index is 10.5. The molecular weight excluding hydrogens is 378 g/mol. The van der Waals surface area contributed by atoms with Crippen LogP contribution < -0.4 is 19.5 Å². The van der Waals surface area contributed by atoms with Gasteiger partial charge >= 0.3 is 0 Å². The number of nitrogens with zero attached hydrogens (tertiary/aromatic N) is 1. The van der Waals surface area contributed by atoms with Gasteiger partial charge in [-0.2, -0.15) is 0 Å². The molecular formula is C24H27N3O3+2. The van der Waals surface area contributed by atoms with Gasteiger partial charge in [-0.3, -0.25) is 4.90 Å². The number of rotatable bonds is 6. The Morgan fingerprint density at radius 3 is 2.63 bits per heavy atom. The zero-order chi connectivity index (χ0) is 20.3. The predicted molar refractivity (Wildman–Crippen MR) is 116 cm³/mol. The molecule has 1 fully saturated rings. The number of benzene rings is 2. The van der Waals surface area contributed by atoms with Crippen LogP contribution in [0.25, 0.3) is 21.9 Å². The topological polar surface area (TPSA) is 64.4 Å². The Bertz CT molecular complexity index is 1120. The second kappa shape index (κ2) is 8.34. The van der Waals surface area contributed by atoms with Crippen LogP contribution in [0.3, 0.4) is 0 Å². The molecule has 154 valence electrons. The first kappa shape index (κ1) is 18.9. The van der Waals surface area contributed by atoms with Crippen molar-refractivity contribution in [3.63, 3.8) is 0 Å². The Labute approximate surface area is 175 Å². The predicted octanol–water partition coefficient (Wildman–Crippen LogP) is 1.54. The first-order chi connectivity index (χ1) is 14.8. The normalized spacial score (nSPS) is 16.2. The Balaban J connectivity index is 1.15. The van der Waals surface area contributed by atoms with Gasteiger partial charge in [0.15, 0.2) is 0 Å². The molecule has 1 saturated heterocycles. The summed E-state index contributed by atoms with van der Waals surface area (Å²) >= 11 is 0. The highest BCUT2D eigenvalue weighted by atomic mass is 16.5. The number of nitrogens with one attached hydrogen (secondary N) is 2. The number of fused-ring (bicyclic) bond motifs is 3. The van der Waals surface area contributed by atoms with Crippen molar-refractivity contribution < 1.29 is 24.1 Å². The van der Waals surface area contributed by atoms with Gasteiger partial charge in [0.1, 0.15) is 62.4 Å². The number of piperazine rings is 1. The first-order valence-corrected chi connectivity index (χ1v) is 10.5. The van der Waals surface area contributed by atoms with Crippen molar-refractivity contribution in [3.8, 4) is 5.75 Å².